The molecule has 0 heterocycles. The number of benzene rings is 3. The van der Waals surface area contributed by atoms with Crippen molar-refractivity contribution in [1.82, 2.24) is 5.32 Å². The Kier molecular flexibility index (Phi) is 15.9. The van der Waals surface area contributed by atoms with E-state index in [2.05, 4.69) is 61.0 Å². The Hall–Kier alpha value is -3.47. The predicted octanol–water partition coefficient (Wildman–Crippen LogP) is 6.55. The number of ether oxygens (including phenoxy) is 4. The van der Waals surface area contributed by atoms with Gasteiger partial charge in [-0.1, -0.05) is 56.7 Å². The summed E-state index contributed by atoms with van der Waals surface area (Å²) in [6.45, 7) is 9.51. The van der Waals surface area contributed by atoms with E-state index in [0.29, 0.717) is 32.9 Å². The summed E-state index contributed by atoms with van der Waals surface area (Å²) < 4.78 is 22.4. The maximum absolute atomic E-state index is 12.2. The number of rotatable bonds is 22. The van der Waals surface area contributed by atoms with Crippen LogP contribution in [-0.4, -0.2) is 57.6 Å². The number of ketones is 1. The van der Waals surface area contributed by atoms with Gasteiger partial charge in [0.25, 0.3) is 0 Å². The van der Waals surface area contributed by atoms with Crippen LogP contribution in [0.2, 0.25) is 0 Å². The number of hydrogen-bond acceptors (Lipinski definition) is 9. The van der Waals surface area contributed by atoms with Crippen molar-refractivity contribution in [2.45, 2.75) is 72.4 Å². The minimum absolute atomic E-state index is 0.158. The second kappa shape index (κ2) is 19.8. The van der Waals surface area contributed by atoms with Crippen LogP contribution in [0.25, 0.3) is 11.1 Å². The molecule has 3 aromatic rings. The Morgan fingerprint density at radius 2 is 1.56 bits per heavy atom. The summed E-state index contributed by atoms with van der Waals surface area (Å²) in [5.41, 5.74) is 8.89. The number of aryl methyl sites for hydroxylation is 3. The first-order valence-electron chi connectivity index (χ1n) is 15.8. The van der Waals surface area contributed by atoms with E-state index in [1.54, 1.807) is 7.11 Å². The summed E-state index contributed by atoms with van der Waals surface area (Å²) in [6, 6.07) is 18.4. The topological polar surface area (TPSA) is 110 Å². The number of carbonyl (C=O) groups is 1. The highest BCUT2D eigenvalue weighted by atomic mass is 16.6. The van der Waals surface area contributed by atoms with Crippen molar-refractivity contribution in [2.24, 2.45) is 0 Å². The molecule has 4 N–H and O–H groups in total. The highest BCUT2D eigenvalue weighted by Gasteiger charge is 2.14. The Morgan fingerprint density at radius 3 is 2.22 bits per heavy atom. The summed E-state index contributed by atoms with van der Waals surface area (Å²) >= 11 is 0. The zero-order chi connectivity index (χ0) is 32.4. The van der Waals surface area contributed by atoms with Gasteiger partial charge < -0.3 is 34.7 Å². The van der Waals surface area contributed by atoms with Gasteiger partial charge in [0.05, 0.1) is 27.1 Å². The third-order valence-electron chi connectivity index (χ3n) is 7.52. The van der Waals surface area contributed by atoms with Gasteiger partial charge in [-0.05, 0) is 72.7 Å². The quantitative estimate of drug-likeness (QED) is 0.0734. The van der Waals surface area contributed by atoms with Crippen molar-refractivity contribution >= 4 is 17.2 Å². The molecule has 0 aromatic heterocycles. The van der Waals surface area contributed by atoms with Crippen LogP contribution in [0.15, 0.2) is 54.6 Å². The number of aliphatic hydroxyl groups is 1. The van der Waals surface area contributed by atoms with E-state index in [0.717, 1.165) is 53.1 Å². The van der Waals surface area contributed by atoms with Crippen LogP contribution in [-0.2, 0) is 32.0 Å². The molecule has 0 radical (unpaired) electrons. The van der Waals surface area contributed by atoms with Crippen LogP contribution >= 0.6 is 0 Å². The van der Waals surface area contributed by atoms with E-state index >= 15 is 0 Å². The SMILES string of the molecule is CCCC(=O)C[C@@H](COCO)NCOCc1ccc(-c2ccc(OC)cc2)cc1NCOCNc1c(C)cc(CCC)cc1C. The van der Waals surface area contributed by atoms with Gasteiger partial charge in [0.1, 0.15) is 31.8 Å². The molecule has 246 valence electrons. The number of methoxy groups -OCH3 is 1. The van der Waals surface area contributed by atoms with E-state index in [1.165, 1.54) is 16.7 Å². The van der Waals surface area contributed by atoms with Crippen molar-refractivity contribution in [2.75, 3.05) is 51.3 Å². The van der Waals surface area contributed by atoms with Crippen LogP contribution < -0.4 is 20.7 Å². The maximum atomic E-state index is 12.2. The lowest BCUT2D eigenvalue weighted by atomic mass is 10.0. The molecule has 45 heavy (non-hydrogen) atoms. The lowest BCUT2D eigenvalue weighted by molar-refractivity contribution is -0.120. The Labute approximate surface area is 268 Å². The molecular weight excluding hydrogens is 570 g/mol. The molecule has 0 aliphatic rings. The Morgan fingerprint density at radius 1 is 0.844 bits per heavy atom. The van der Waals surface area contributed by atoms with Crippen LogP contribution in [0.1, 0.15) is 61.8 Å². The van der Waals surface area contributed by atoms with Crippen LogP contribution in [0.3, 0.4) is 0 Å². The summed E-state index contributed by atoms with van der Waals surface area (Å²) in [5.74, 6) is 0.963. The van der Waals surface area contributed by atoms with Crippen molar-refractivity contribution in [1.29, 1.82) is 0 Å². The molecule has 0 saturated heterocycles. The van der Waals surface area contributed by atoms with E-state index < -0.39 is 6.79 Å². The first kappa shape index (κ1) is 36.0. The number of Topliss-reactive ketones (excluding diaryl/α,β-unsaturated/α-hetero) is 1. The minimum Gasteiger partial charge on any atom is -0.497 e. The molecular formula is C36H51N3O6. The molecule has 0 aliphatic heterocycles. The average Bonchev–Trinajstić information content (AvgIpc) is 3.03. The van der Waals surface area contributed by atoms with Gasteiger partial charge in [-0.2, -0.15) is 0 Å². The first-order valence-corrected chi connectivity index (χ1v) is 15.8. The normalized spacial score (nSPS) is 11.8. The Bertz CT molecular complexity index is 1290. The van der Waals surface area contributed by atoms with E-state index in [1.807, 2.05) is 37.3 Å². The maximum Gasteiger partial charge on any atom is 0.143 e. The third kappa shape index (κ3) is 12.1. The first-order chi connectivity index (χ1) is 21.9. The molecule has 3 aromatic carbocycles. The van der Waals surface area contributed by atoms with Gasteiger partial charge >= 0.3 is 0 Å². The zero-order valence-electron chi connectivity index (χ0n) is 27.5. The van der Waals surface area contributed by atoms with Crippen molar-refractivity contribution in [3.8, 4) is 16.9 Å². The van der Waals surface area contributed by atoms with Crippen LogP contribution in [0.4, 0.5) is 11.4 Å². The summed E-state index contributed by atoms with van der Waals surface area (Å²) in [4.78, 5) is 12.2. The average molecular weight is 622 g/mol. The van der Waals surface area contributed by atoms with Gasteiger partial charge in [-0.3, -0.25) is 10.1 Å². The fourth-order valence-electron chi connectivity index (χ4n) is 5.28. The van der Waals surface area contributed by atoms with Crippen molar-refractivity contribution < 1.29 is 28.8 Å². The second-order valence-corrected chi connectivity index (χ2v) is 11.2. The molecule has 1 atom stereocenters. The molecule has 0 spiro atoms. The number of carbonyl (C=O) groups excluding carboxylic acids is 1. The van der Waals surface area contributed by atoms with Crippen molar-refractivity contribution in [3.63, 3.8) is 0 Å². The molecule has 9 nitrogen and oxygen atoms in total. The lowest BCUT2D eigenvalue weighted by Gasteiger charge is -2.19. The lowest BCUT2D eigenvalue weighted by Crippen LogP contribution is -2.37. The van der Waals surface area contributed by atoms with Gasteiger partial charge in [0.2, 0.25) is 0 Å². The number of anilines is 2. The highest BCUT2D eigenvalue weighted by molar-refractivity contribution is 5.79. The predicted molar refractivity (Wildman–Crippen MR) is 181 cm³/mol. The number of hydrogen-bond donors (Lipinski definition) is 4. The van der Waals surface area contributed by atoms with E-state index in [4.69, 9.17) is 24.1 Å². The molecule has 3 rings (SSSR count). The van der Waals surface area contributed by atoms with Crippen LogP contribution in [0.5, 0.6) is 5.75 Å². The van der Waals surface area contributed by atoms with E-state index in [-0.39, 0.29) is 25.2 Å². The smallest absolute Gasteiger partial charge is 0.143 e. The standard InChI is InChI=1S/C36H51N3O6/c1-6-8-28-16-26(3)36(27(4)17-28)39-24-45-23-38-35-18-30(29-12-14-34(42-5)15-13-29)10-11-31(35)20-43-22-37-32(21-44-25-40)19-33(41)9-7-2/h10-18,32,37-40H,6-9,19-25H2,1-5H3/t32-/m0/s1. The fourth-order valence-corrected chi connectivity index (χ4v) is 5.28. The van der Waals surface area contributed by atoms with E-state index in [9.17, 15) is 4.79 Å². The number of aliphatic hydroxyl groups excluding tert-OH is 1. The highest BCUT2D eigenvalue weighted by Crippen LogP contribution is 2.28. The second-order valence-electron chi connectivity index (χ2n) is 11.2. The minimum atomic E-state index is -0.390. The van der Waals surface area contributed by atoms with Gasteiger partial charge in [-0.25, -0.2) is 0 Å². The van der Waals surface area contributed by atoms with Gasteiger partial charge in [0, 0.05) is 35.8 Å². The Balaban J connectivity index is 1.63. The fraction of sp³-hybridized carbons (Fsp3) is 0.472. The summed E-state index contributed by atoms with van der Waals surface area (Å²) in [6.07, 6.45) is 3.86. The molecule has 0 aliphatic carbocycles. The van der Waals surface area contributed by atoms with Crippen LogP contribution in [0, 0.1) is 13.8 Å². The summed E-state index contributed by atoms with van der Waals surface area (Å²) in [7, 11) is 1.66. The van der Waals surface area contributed by atoms with Crippen molar-refractivity contribution in [3.05, 3.63) is 76.9 Å². The monoisotopic (exact) mass is 621 g/mol. The molecule has 9 heteroatoms. The number of nitrogens with one attached hydrogen (secondary N) is 3. The molecule has 0 fully saturated rings. The molecule has 0 amide bonds. The van der Waals surface area contributed by atoms with Gasteiger partial charge in [-0.15, -0.1) is 0 Å². The molecule has 0 unspecified atom stereocenters. The molecule has 0 saturated carbocycles. The molecule has 0 bridgehead atoms. The summed E-state index contributed by atoms with van der Waals surface area (Å²) in [5, 5.41) is 19.1. The third-order valence-corrected chi connectivity index (χ3v) is 7.52. The largest absolute Gasteiger partial charge is 0.497 e. The van der Waals surface area contributed by atoms with Gasteiger partial charge in [0.15, 0.2) is 0 Å². The zero-order valence-corrected chi connectivity index (χ0v) is 27.5.